The Hall–Kier alpha value is -3.15. The van der Waals surface area contributed by atoms with Crippen LogP contribution in [0.25, 0.3) is 22.0 Å². The highest BCUT2D eigenvalue weighted by Gasteiger charge is 2.42. The van der Waals surface area contributed by atoms with Gasteiger partial charge in [-0.05, 0) is 56.5 Å². The highest BCUT2D eigenvalue weighted by molar-refractivity contribution is 5.83. The number of furan rings is 1. The van der Waals surface area contributed by atoms with Crippen LogP contribution in [0.15, 0.2) is 46.9 Å². The van der Waals surface area contributed by atoms with Gasteiger partial charge in [-0.1, -0.05) is 12.1 Å². The molecule has 0 bridgehead atoms. The van der Waals surface area contributed by atoms with E-state index in [2.05, 4.69) is 15.3 Å². The van der Waals surface area contributed by atoms with Crippen molar-refractivity contribution in [2.24, 2.45) is 5.92 Å². The van der Waals surface area contributed by atoms with Gasteiger partial charge in [0.2, 0.25) is 5.91 Å². The highest BCUT2D eigenvalue weighted by Crippen LogP contribution is 2.48. The summed E-state index contributed by atoms with van der Waals surface area (Å²) in [6.45, 7) is 3.78. The average Bonchev–Trinajstić information content (AvgIpc) is 3.18. The average molecular weight is 391 g/mol. The number of halogens is 1. The first-order chi connectivity index (χ1) is 14.0. The first-order valence-corrected chi connectivity index (χ1v) is 9.92. The second-order valence-electron chi connectivity index (χ2n) is 7.97. The summed E-state index contributed by atoms with van der Waals surface area (Å²) in [5.41, 5.74) is 3.48. The molecule has 6 heteroatoms. The topological polar surface area (TPSA) is 70.9 Å². The Balaban J connectivity index is 1.24. The first-order valence-electron chi connectivity index (χ1n) is 9.92. The molecule has 2 heterocycles. The predicted octanol–water partition coefficient (Wildman–Crippen LogP) is 5.13. The number of amides is 1. The summed E-state index contributed by atoms with van der Waals surface area (Å²) in [6.07, 6.45) is 1.42. The molecule has 1 aliphatic rings. The zero-order chi connectivity index (χ0) is 20.1. The molecule has 0 saturated heterocycles. The van der Waals surface area contributed by atoms with Crippen LogP contribution in [0.1, 0.15) is 48.9 Å². The lowest BCUT2D eigenvalue weighted by atomic mass is 10.1. The van der Waals surface area contributed by atoms with Gasteiger partial charge in [0.15, 0.2) is 0 Å². The van der Waals surface area contributed by atoms with E-state index in [9.17, 15) is 9.18 Å². The Morgan fingerprint density at radius 3 is 3.00 bits per heavy atom. The molecule has 2 N–H and O–H groups in total. The number of benzene rings is 2. The van der Waals surface area contributed by atoms with Gasteiger partial charge in [-0.25, -0.2) is 9.37 Å². The molecule has 148 valence electrons. The van der Waals surface area contributed by atoms with Gasteiger partial charge in [-0.15, -0.1) is 0 Å². The molecule has 1 fully saturated rings. The van der Waals surface area contributed by atoms with E-state index in [0.29, 0.717) is 29.6 Å². The lowest BCUT2D eigenvalue weighted by Gasteiger charge is -2.12. The highest BCUT2D eigenvalue weighted by atomic mass is 19.1. The molecule has 5 rings (SSSR count). The predicted molar refractivity (Wildman–Crippen MR) is 109 cm³/mol. The molecule has 1 amide bonds. The molecule has 4 aromatic rings. The van der Waals surface area contributed by atoms with Crippen LogP contribution in [0.3, 0.4) is 0 Å². The fraction of sp³-hybridized carbons (Fsp3) is 0.304. The molecule has 0 aliphatic heterocycles. The van der Waals surface area contributed by atoms with Gasteiger partial charge < -0.3 is 14.7 Å². The number of aromatic amines is 1. The summed E-state index contributed by atoms with van der Waals surface area (Å²) in [7, 11) is 0. The molecule has 0 spiro atoms. The number of hydrogen-bond donors (Lipinski definition) is 2. The Morgan fingerprint density at radius 1 is 1.34 bits per heavy atom. The molecular weight excluding hydrogens is 369 g/mol. The molecule has 2 aromatic carbocycles. The molecule has 3 atom stereocenters. The Bertz CT molecular complexity index is 1190. The van der Waals surface area contributed by atoms with Gasteiger partial charge in [0.1, 0.15) is 23.0 Å². The van der Waals surface area contributed by atoms with Crippen LogP contribution >= 0.6 is 0 Å². The number of hydrogen-bond acceptors (Lipinski definition) is 3. The molecule has 1 saturated carbocycles. The third-order valence-electron chi connectivity index (χ3n) is 5.83. The van der Waals surface area contributed by atoms with Crippen molar-refractivity contribution in [2.75, 3.05) is 0 Å². The fourth-order valence-electron chi connectivity index (χ4n) is 4.19. The third kappa shape index (κ3) is 3.28. The number of carbonyl (C=O) groups excluding carboxylic acids is 1. The first kappa shape index (κ1) is 17.9. The number of imidazole rings is 1. The quantitative estimate of drug-likeness (QED) is 0.496. The molecule has 29 heavy (non-hydrogen) atoms. The van der Waals surface area contributed by atoms with Crippen molar-refractivity contribution in [3.63, 3.8) is 0 Å². The van der Waals surface area contributed by atoms with Crippen LogP contribution in [0, 0.1) is 18.7 Å². The normalized spacial score (nSPS) is 19.6. The Labute approximate surface area is 167 Å². The van der Waals surface area contributed by atoms with Crippen molar-refractivity contribution in [3.05, 3.63) is 65.4 Å². The zero-order valence-corrected chi connectivity index (χ0v) is 16.3. The molecule has 0 radical (unpaired) electrons. The minimum absolute atomic E-state index is 0.00727. The largest absolute Gasteiger partial charge is 0.459 e. The number of fused-ring (bicyclic) bond motifs is 2. The lowest BCUT2D eigenvalue weighted by molar-refractivity contribution is -0.122. The van der Waals surface area contributed by atoms with E-state index in [1.54, 1.807) is 6.07 Å². The molecular formula is C23H22FN3O2. The van der Waals surface area contributed by atoms with Crippen LogP contribution < -0.4 is 5.32 Å². The molecule has 0 unspecified atom stereocenters. The standard InChI is InChI=1S/C23H22FN3O2/c1-12-16-11-15(24)7-8-20(16)29-22(12)13(2)25-21(28)10-14-9-17(14)23-26-18-5-3-4-6-19(18)27-23/h3-8,11,13-14,17H,9-10H2,1-2H3,(H,25,28)(H,26,27)/t13-,14+,17+/m1/s1. The second-order valence-corrected chi connectivity index (χ2v) is 7.97. The summed E-state index contributed by atoms with van der Waals surface area (Å²) in [5.74, 6) is 1.94. The molecule has 5 nitrogen and oxygen atoms in total. The zero-order valence-electron chi connectivity index (χ0n) is 16.3. The second kappa shape index (κ2) is 6.72. The monoisotopic (exact) mass is 391 g/mol. The number of nitrogens with zero attached hydrogens (tertiary/aromatic N) is 1. The Morgan fingerprint density at radius 2 is 2.17 bits per heavy atom. The summed E-state index contributed by atoms with van der Waals surface area (Å²) in [6, 6.07) is 12.2. The summed E-state index contributed by atoms with van der Waals surface area (Å²) >= 11 is 0. The lowest BCUT2D eigenvalue weighted by Crippen LogP contribution is -2.27. The van der Waals surface area contributed by atoms with E-state index in [1.807, 2.05) is 38.1 Å². The van der Waals surface area contributed by atoms with E-state index < -0.39 is 0 Å². The smallest absolute Gasteiger partial charge is 0.220 e. The van der Waals surface area contributed by atoms with Crippen molar-refractivity contribution in [1.29, 1.82) is 0 Å². The number of carbonyl (C=O) groups is 1. The van der Waals surface area contributed by atoms with Crippen LogP contribution in [-0.4, -0.2) is 15.9 Å². The van der Waals surface area contributed by atoms with Gasteiger partial charge in [0.05, 0.1) is 17.1 Å². The van der Waals surface area contributed by atoms with E-state index in [-0.39, 0.29) is 17.8 Å². The molecule has 1 aliphatic carbocycles. The number of H-pyrrole nitrogens is 1. The fourth-order valence-corrected chi connectivity index (χ4v) is 4.19. The van der Waals surface area contributed by atoms with Crippen molar-refractivity contribution in [2.45, 2.75) is 38.6 Å². The minimum atomic E-state index is -0.296. The maximum absolute atomic E-state index is 13.5. The number of nitrogens with one attached hydrogen (secondary N) is 2. The Kier molecular flexibility index (Phi) is 4.15. The number of para-hydroxylation sites is 2. The third-order valence-corrected chi connectivity index (χ3v) is 5.83. The van der Waals surface area contributed by atoms with E-state index >= 15 is 0 Å². The minimum Gasteiger partial charge on any atom is -0.459 e. The molecule has 2 aromatic heterocycles. The number of aromatic nitrogens is 2. The summed E-state index contributed by atoms with van der Waals surface area (Å²) in [5, 5.41) is 3.77. The van der Waals surface area contributed by atoms with Crippen molar-refractivity contribution < 1.29 is 13.6 Å². The van der Waals surface area contributed by atoms with E-state index in [0.717, 1.165) is 34.2 Å². The van der Waals surface area contributed by atoms with Crippen LogP contribution in [0.2, 0.25) is 0 Å². The van der Waals surface area contributed by atoms with Crippen LogP contribution in [0.4, 0.5) is 4.39 Å². The van der Waals surface area contributed by atoms with Crippen LogP contribution in [-0.2, 0) is 4.79 Å². The van der Waals surface area contributed by atoms with Crippen molar-refractivity contribution >= 4 is 27.9 Å². The van der Waals surface area contributed by atoms with Gasteiger partial charge in [-0.2, -0.15) is 0 Å². The number of aryl methyl sites for hydroxylation is 1. The van der Waals surface area contributed by atoms with Gasteiger partial charge in [0, 0.05) is 23.3 Å². The number of rotatable bonds is 5. The van der Waals surface area contributed by atoms with Gasteiger partial charge in [0.25, 0.3) is 0 Å². The maximum Gasteiger partial charge on any atom is 0.220 e. The summed E-state index contributed by atoms with van der Waals surface area (Å²) in [4.78, 5) is 20.6. The van der Waals surface area contributed by atoms with Crippen molar-refractivity contribution in [3.8, 4) is 0 Å². The summed E-state index contributed by atoms with van der Waals surface area (Å²) < 4.78 is 19.4. The van der Waals surface area contributed by atoms with Crippen LogP contribution in [0.5, 0.6) is 0 Å². The van der Waals surface area contributed by atoms with Gasteiger partial charge in [-0.3, -0.25) is 4.79 Å². The SMILES string of the molecule is Cc1c([C@@H](C)NC(=O)C[C@@H]2C[C@@H]2c2nc3ccccc3[nH]2)oc2ccc(F)cc12. The van der Waals surface area contributed by atoms with Crippen molar-refractivity contribution in [1.82, 2.24) is 15.3 Å². The van der Waals surface area contributed by atoms with E-state index in [4.69, 9.17) is 4.42 Å². The van der Waals surface area contributed by atoms with Gasteiger partial charge >= 0.3 is 0 Å². The van der Waals surface area contributed by atoms with E-state index in [1.165, 1.54) is 12.1 Å². The maximum atomic E-state index is 13.5.